The molecular weight excluding hydrogens is 440 g/mol. The van der Waals surface area contributed by atoms with Crippen LogP contribution in [0.25, 0.3) is 12.2 Å². The van der Waals surface area contributed by atoms with E-state index in [1.807, 2.05) is 0 Å². The van der Waals surface area contributed by atoms with Gasteiger partial charge in [0, 0.05) is 16.6 Å². The molecule has 0 bridgehead atoms. The molecule has 0 aliphatic carbocycles. The second-order valence-corrected chi connectivity index (χ2v) is 10.7. The first-order chi connectivity index (χ1) is 17.3. The Labute approximate surface area is 219 Å². The number of aromatic amines is 2. The van der Waals surface area contributed by atoms with Gasteiger partial charge in [-0.3, -0.25) is 0 Å². The van der Waals surface area contributed by atoms with Crippen molar-refractivity contribution in [3.05, 3.63) is 74.2 Å². The van der Waals surface area contributed by atoms with Crippen LogP contribution < -0.4 is 15.4 Å². The highest BCUT2D eigenvalue weighted by Crippen LogP contribution is 2.32. The summed E-state index contributed by atoms with van der Waals surface area (Å²) in [4.78, 5) is 7.14. The molecule has 3 heteroatoms. The molecule has 0 atom stereocenters. The highest BCUT2D eigenvalue weighted by atomic mass is 16.5. The molecule has 0 unspecified atom stereocenters. The Balaban J connectivity index is 1.68. The van der Waals surface area contributed by atoms with Crippen molar-refractivity contribution < 1.29 is 4.74 Å². The van der Waals surface area contributed by atoms with Crippen molar-refractivity contribution in [2.45, 2.75) is 106 Å². The Morgan fingerprint density at radius 2 is 1.28 bits per heavy atom. The lowest BCUT2D eigenvalue weighted by Crippen LogP contribution is -2.17. The molecule has 0 radical (unpaired) electrons. The minimum absolute atomic E-state index is 0.792. The molecule has 3 nitrogen and oxygen atoms in total. The molecule has 2 heterocycles. The van der Waals surface area contributed by atoms with Crippen LogP contribution in [0.3, 0.4) is 0 Å². The molecule has 0 aliphatic heterocycles. The second kappa shape index (κ2) is 13.6. The molecule has 0 fully saturated rings. The van der Waals surface area contributed by atoms with Gasteiger partial charge in [-0.2, -0.15) is 0 Å². The molecule has 3 rings (SSSR count). The largest absolute Gasteiger partial charge is 0.494 e. The first-order valence-electron chi connectivity index (χ1n) is 14.1. The van der Waals surface area contributed by atoms with E-state index >= 15 is 0 Å². The van der Waals surface area contributed by atoms with Crippen LogP contribution in [-0.2, 0) is 0 Å². The van der Waals surface area contributed by atoms with Gasteiger partial charge < -0.3 is 14.7 Å². The summed E-state index contributed by atoms with van der Waals surface area (Å²) in [6.45, 7) is 18.1. The van der Waals surface area contributed by atoms with Crippen molar-refractivity contribution in [1.82, 2.24) is 9.97 Å². The summed E-state index contributed by atoms with van der Waals surface area (Å²) >= 11 is 0. The van der Waals surface area contributed by atoms with Crippen molar-refractivity contribution in [2.75, 3.05) is 6.61 Å². The monoisotopic (exact) mass is 488 g/mol. The van der Waals surface area contributed by atoms with Gasteiger partial charge in [-0.1, -0.05) is 71.3 Å². The number of rotatable bonds is 14. The number of hydrogen-bond acceptors (Lipinski definition) is 1. The molecule has 0 amide bonds. The van der Waals surface area contributed by atoms with Crippen molar-refractivity contribution in [3.8, 4) is 5.75 Å². The molecule has 1 aromatic carbocycles. The van der Waals surface area contributed by atoms with E-state index < -0.39 is 0 Å². The predicted molar refractivity (Wildman–Crippen MR) is 155 cm³/mol. The van der Waals surface area contributed by atoms with Crippen LogP contribution in [0.2, 0.25) is 0 Å². The SMILES string of the molecule is C=c1cc(C)c(=C(c2[nH]c(C)cc2C)c2c(C)cc(OCCCCCCCCCCCC)cc2C)[nH]1. The number of ether oxygens (including phenoxy) is 1. The number of unbranched alkanes of at least 4 members (excludes halogenated alkanes) is 9. The molecule has 0 aliphatic rings. The van der Waals surface area contributed by atoms with Crippen LogP contribution in [0, 0.1) is 34.6 Å². The molecule has 36 heavy (non-hydrogen) atoms. The molecule has 196 valence electrons. The lowest BCUT2D eigenvalue weighted by molar-refractivity contribution is 0.304. The first-order valence-corrected chi connectivity index (χ1v) is 14.1. The maximum absolute atomic E-state index is 6.21. The van der Waals surface area contributed by atoms with Crippen LogP contribution in [-0.4, -0.2) is 16.6 Å². The van der Waals surface area contributed by atoms with Crippen LogP contribution in [0.4, 0.5) is 0 Å². The molecule has 0 saturated heterocycles. The average Bonchev–Trinajstić information content (AvgIpc) is 3.33. The summed E-state index contributed by atoms with van der Waals surface area (Å²) in [6, 6.07) is 8.74. The highest BCUT2D eigenvalue weighted by Gasteiger charge is 2.18. The van der Waals surface area contributed by atoms with E-state index in [4.69, 9.17) is 4.74 Å². The Hall–Kier alpha value is -2.68. The number of H-pyrrole nitrogens is 2. The Bertz CT molecular complexity index is 1200. The van der Waals surface area contributed by atoms with Gasteiger partial charge in [0.15, 0.2) is 0 Å². The molecule has 2 aromatic heterocycles. The van der Waals surface area contributed by atoms with E-state index in [0.29, 0.717) is 0 Å². The zero-order chi connectivity index (χ0) is 26.1. The van der Waals surface area contributed by atoms with Gasteiger partial charge in [0.25, 0.3) is 0 Å². The molecule has 3 aromatic rings. The number of aromatic nitrogens is 2. The quantitative estimate of drug-likeness (QED) is 0.223. The van der Waals surface area contributed by atoms with Crippen LogP contribution in [0.15, 0.2) is 24.3 Å². The Kier molecular flexibility index (Phi) is 10.5. The standard InChI is InChI=1S/C33H48N2O/c1-8-9-10-11-12-13-14-15-16-17-18-36-29-21-23(2)30(24(3)22-29)31(32-25(4)19-27(6)34-32)33-26(5)20-28(7)35-33/h19-22,34-35H,6,8-18H2,1-5,7H3. The van der Waals surface area contributed by atoms with E-state index in [-0.39, 0.29) is 0 Å². The lowest BCUT2D eigenvalue weighted by Gasteiger charge is -2.17. The summed E-state index contributed by atoms with van der Waals surface area (Å²) in [5.41, 5.74) is 9.74. The van der Waals surface area contributed by atoms with E-state index in [1.165, 1.54) is 103 Å². The van der Waals surface area contributed by atoms with Crippen LogP contribution >= 0.6 is 0 Å². The van der Waals surface area contributed by atoms with E-state index in [1.54, 1.807) is 0 Å². The fourth-order valence-corrected chi connectivity index (χ4v) is 5.43. The number of benzene rings is 1. The summed E-state index contributed by atoms with van der Waals surface area (Å²) in [7, 11) is 0. The molecular formula is C33H48N2O. The maximum atomic E-state index is 6.21. The van der Waals surface area contributed by atoms with Crippen molar-refractivity contribution in [2.24, 2.45) is 0 Å². The summed E-state index contributed by atoms with van der Waals surface area (Å²) in [6.07, 6.45) is 13.4. The normalized spacial score (nSPS) is 12.3. The van der Waals surface area contributed by atoms with E-state index in [0.717, 1.165) is 29.5 Å². The number of hydrogen-bond donors (Lipinski definition) is 2. The minimum Gasteiger partial charge on any atom is -0.494 e. The summed E-state index contributed by atoms with van der Waals surface area (Å²) in [5.74, 6) is 0.976. The van der Waals surface area contributed by atoms with Gasteiger partial charge in [0.2, 0.25) is 0 Å². The van der Waals surface area contributed by atoms with Gasteiger partial charge in [0.05, 0.1) is 17.6 Å². The second-order valence-electron chi connectivity index (χ2n) is 10.7. The molecule has 2 N–H and O–H groups in total. The van der Waals surface area contributed by atoms with E-state index in [2.05, 4.69) is 82.4 Å². The van der Waals surface area contributed by atoms with E-state index in [9.17, 15) is 0 Å². The number of nitrogens with one attached hydrogen (secondary N) is 2. The van der Waals surface area contributed by atoms with Crippen LogP contribution in [0.1, 0.15) is 110 Å². The van der Waals surface area contributed by atoms with Crippen molar-refractivity contribution in [3.63, 3.8) is 0 Å². The van der Waals surface area contributed by atoms with Crippen molar-refractivity contribution in [1.29, 1.82) is 0 Å². The van der Waals surface area contributed by atoms with Gasteiger partial charge in [-0.05, 0) is 93.1 Å². The van der Waals surface area contributed by atoms with Gasteiger partial charge in [0.1, 0.15) is 5.75 Å². The lowest BCUT2D eigenvalue weighted by atomic mass is 9.91. The summed E-state index contributed by atoms with van der Waals surface area (Å²) < 4.78 is 6.21. The smallest absolute Gasteiger partial charge is 0.119 e. The van der Waals surface area contributed by atoms with Gasteiger partial charge in [-0.25, -0.2) is 0 Å². The third-order valence-electron chi connectivity index (χ3n) is 7.24. The van der Waals surface area contributed by atoms with Crippen LogP contribution in [0.5, 0.6) is 5.75 Å². The third kappa shape index (κ3) is 7.41. The van der Waals surface area contributed by atoms with Gasteiger partial charge >= 0.3 is 0 Å². The predicted octanol–water partition coefficient (Wildman–Crippen LogP) is 7.84. The Morgan fingerprint density at radius 3 is 1.78 bits per heavy atom. The molecule has 0 saturated carbocycles. The Morgan fingerprint density at radius 1 is 0.694 bits per heavy atom. The first kappa shape index (κ1) is 27.9. The zero-order valence-corrected chi connectivity index (χ0v) is 23.7. The maximum Gasteiger partial charge on any atom is 0.119 e. The van der Waals surface area contributed by atoms with Gasteiger partial charge in [-0.15, -0.1) is 0 Å². The van der Waals surface area contributed by atoms with Crippen molar-refractivity contribution >= 4 is 12.2 Å². The highest BCUT2D eigenvalue weighted by molar-refractivity contribution is 5.83. The fraction of sp³-hybridized carbons (Fsp3) is 0.515. The third-order valence-corrected chi connectivity index (χ3v) is 7.24. The number of aryl methyl sites for hydroxylation is 5. The summed E-state index contributed by atoms with van der Waals surface area (Å²) in [5, 5.41) is 2.07. The fourth-order valence-electron chi connectivity index (χ4n) is 5.43. The zero-order valence-electron chi connectivity index (χ0n) is 23.7. The molecule has 0 spiro atoms. The average molecular weight is 489 g/mol. The topological polar surface area (TPSA) is 40.8 Å². The minimum atomic E-state index is 0.792.